The molecule has 1 aromatic carbocycles. The van der Waals surface area contributed by atoms with Gasteiger partial charge in [-0.05, 0) is 55.9 Å². The van der Waals surface area contributed by atoms with Crippen LogP contribution in [0.5, 0.6) is 0 Å². The largest absolute Gasteiger partial charge is 0.353 e. The highest BCUT2D eigenvalue weighted by molar-refractivity contribution is 6.30. The first-order chi connectivity index (χ1) is 10.6. The number of carbonyl (C=O) groups is 2. The summed E-state index contributed by atoms with van der Waals surface area (Å²) in [6.07, 6.45) is 6.27. The number of Topliss-reactive ketones (excluding diaryl/α,β-unsaturated/α-hetero) is 1. The van der Waals surface area contributed by atoms with Crippen LogP contribution in [0.2, 0.25) is 5.02 Å². The molecule has 0 saturated heterocycles. The fourth-order valence-electron chi connectivity index (χ4n) is 3.02. The molecule has 120 valence electrons. The van der Waals surface area contributed by atoms with Crippen LogP contribution < -0.4 is 5.32 Å². The minimum Gasteiger partial charge on any atom is -0.353 e. The van der Waals surface area contributed by atoms with E-state index in [4.69, 9.17) is 11.6 Å². The van der Waals surface area contributed by atoms with Crippen LogP contribution in [0.15, 0.2) is 24.3 Å². The molecule has 0 unspecified atom stereocenters. The Morgan fingerprint density at radius 2 is 1.73 bits per heavy atom. The van der Waals surface area contributed by atoms with Crippen LogP contribution >= 0.6 is 11.6 Å². The number of hydrogen-bond donors (Lipinski definition) is 1. The van der Waals surface area contributed by atoms with Gasteiger partial charge in [0.05, 0.1) is 0 Å². The summed E-state index contributed by atoms with van der Waals surface area (Å²) in [6.45, 7) is 2.23. The number of nitrogens with one attached hydrogen (secondary N) is 1. The van der Waals surface area contributed by atoms with Gasteiger partial charge < -0.3 is 5.32 Å². The Morgan fingerprint density at radius 3 is 2.32 bits per heavy atom. The Labute approximate surface area is 137 Å². The fraction of sp³-hybridized carbons (Fsp3) is 0.556. The van der Waals surface area contributed by atoms with Gasteiger partial charge in [0.25, 0.3) is 0 Å². The summed E-state index contributed by atoms with van der Waals surface area (Å²) in [5, 5.41) is 3.68. The molecule has 1 fully saturated rings. The van der Waals surface area contributed by atoms with Gasteiger partial charge in [-0.25, -0.2) is 0 Å². The summed E-state index contributed by atoms with van der Waals surface area (Å²) in [4.78, 5) is 24.0. The van der Waals surface area contributed by atoms with Gasteiger partial charge in [-0.15, -0.1) is 0 Å². The van der Waals surface area contributed by atoms with Crippen LogP contribution in [0.25, 0.3) is 0 Å². The average molecular weight is 322 g/mol. The van der Waals surface area contributed by atoms with Crippen molar-refractivity contribution in [2.45, 2.75) is 57.9 Å². The Balaban J connectivity index is 1.71. The van der Waals surface area contributed by atoms with Crippen LogP contribution in [0.1, 0.15) is 62.2 Å². The van der Waals surface area contributed by atoms with E-state index in [1.165, 1.54) is 19.3 Å². The van der Waals surface area contributed by atoms with Crippen molar-refractivity contribution in [3.63, 3.8) is 0 Å². The van der Waals surface area contributed by atoms with Gasteiger partial charge in [0.2, 0.25) is 5.91 Å². The van der Waals surface area contributed by atoms with Gasteiger partial charge in [-0.1, -0.05) is 24.9 Å². The molecule has 1 saturated carbocycles. The molecule has 0 aliphatic heterocycles. The summed E-state index contributed by atoms with van der Waals surface area (Å²) in [6, 6.07) is 7.09. The van der Waals surface area contributed by atoms with E-state index in [0.29, 0.717) is 16.6 Å². The molecule has 2 rings (SSSR count). The Bertz CT molecular complexity index is 504. The number of halogens is 1. The number of carbonyl (C=O) groups excluding carboxylic acids is 2. The standard InChI is InChI=1S/C18H24ClNO2/c1-2-13-3-9-16(10-4-13)20-18(22)12-11-17(21)14-5-7-15(19)8-6-14/h5-8,13,16H,2-4,9-12H2,1H3,(H,20,22). The zero-order valence-electron chi connectivity index (χ0n) is 13.1. The normalized spacial score (nSPS) is 21.4. The SMILES string of the molecule is CCC1CCC(NC(=O)CCC(=O)c2ccc(Cl)cc2)CC1. The molecule has 3 nitrogen and oxygen atoms in total. The average Bonchev–Trinajstić information content (AvgIpc) is 2.54. The molecule has 1 amide bonds. The third kappa shape index (κ3) is 5.13. The van der Waals surface area contributed by atoms with E-state index in [9.17, 15) is 9.59 Å². The molecule has 0 spiro atoms. The predicted molar refractivity (Wildman–Crippen MR) is 89.2 cm³/mol. The molecule has 0 radical (unpaired) electrons. The van der Waals surface area contributed by atoms with Gasteiger partial charge in [0, 0.05) is 29.5 Å². The third-order valence-electron chi connectivity index (χ3n) is 4.53. The second kappa shape index (κ2) is 8.33. The summed E-state index contributed by atoms with van der Waals surface area (Å²) < 4.78 is 0. The molecular weight excluding hydrogens is 298 g/mol. The number of amides is 1. The first kappa shape index (κ1) is 17.0. The topological polar surface area (TPSA) is 46.2 Å². The highest BCUT2D eigenvalue weighted by Crippen LogP contribution is 2.26. The molecule has 1 aliphatic rings. The molecular formula is C18H24ClNO2. The monoisotopic (exact) mass is 321 g/mol. The predicted octanol–water partition coefficient (Wildman–Crippen LogP) is 4.39. The van der Waals surface area contributed by atoms with Crippen LogP contribution in [0.4, 0.5) is 0 Å². The van der Waals surface area contributed by atoms with Gasteiger partial charge in [0.15, 0.2) is 5.78 Å². The lowest BCUT2D eigenvalue weighted by atomic mass is 9.84. The number of ketones is 1. The molecule has 22 heavy (non-hydrogen) atoms. The van der Waals surface area contributed by atoms with Crippen molar-refractivity contribution < 1.29 is 9.59 Å². The van der Waals surface area contributed by atoms with Crippen LogP contribution in [-0.4, -0.2) is 17.7 Å². The Morgan fingerprint density at radius 1 is 1.09 bits per heavy atom. The molecule has 0 bridgehead atoms. The van der Waals surface area contributed by atoms with Crippen molar-refractivity contribution in [1.29, 1.82) is 0 Å². The zero-order chi connectivity index (χ0) is 15.9. The first-order valence-corrected chi connectivity index (χ1v) is 8.54. The molecule has 4 heteroatoms. The quantitative estimate of drug-likeness (QED) is 0.790. The van der Waals surface area contributed by atoms with E-state index < -0.39 is 0 Å². The van der Waals surface area contributed by atoms with Gasteiger partial charge >= 0.3 is 0 Å². The third-order valence-corrected chi connectivity index (χ3v) is 4.79. The minimum absolute atomic E-state index is 0.0118. The van der Waals surface area contributed by atoms with Crippen molar-refractivity contribution >= 4 is 23.3 Å². The number of rotatable bonds is 6. The van der Waals surface area contributed by atoms with E-state index in [0.717, 1.165) is 18.8 Å². The van der Waals surface area contributed by atoms with Crippen molar-refractivity contribution in [1.82, 2.24) is 5.32 Å². The first-order valence-electron chi connectivity index (χ1n) is 8.16. The summed E-state index contributed by atoms with van der Waals surface area (Å²) in [5.41, 5.74) is 0.612. The second-order valence-corrected chi connectivity index (χ2v) is 6.56. The number of hydrogen-bond acceptors (Lipinski definition) is 2. The van der Waals surface area contributed by atoms with E-state index in [2.05, 4.69) is 12.2 Å². The van der Waals surface area contributed by atoms with E-state index >= 15 is 0 Å². The minimum atomic E-state index is -0.0125. The molecule has 1 N–H and O–H groups in total. The highest BCUT2D eigenvalue weighted by Gasteiger charge is 2.21. The lowest BCUT2D eigenvalue weighted by molar-refractivity contribution is -0.122. The Hall–Kier alpha value is -1.35. The smallest absolute Gasteiger partial charge is 0.220 e. The summed E-state index contributed by atoms with van der Waals surface area (Å²) in [7, 11) is 0. The van der Waals surface area contributed by atoms with E-state index in [-0.39, 0.29) is 24.5 Å². The van der Waals surface area contributed by atoms with E-state index in [1.54, 1.807) is 24.3 Å². The van der Waals surface area contributed by atoms with Crippen molar-refractivity contribution in [2.24, 2.45) is 5.92 Å². The molecule has 0 heterocycles. The van der Waals surface area contributed by atoms with E-state index in [1.807, 2.05) is 0 Å². The van der Waals surface area contributed by atoms with Gasteiger partial charge in [-0.2, -0.15) is 0 Å². The van der Waals surface area contributed by atoms with Crippen molar-refractivity contribution in [2.75, 3.05) is 0 Å². The van der Waals surface area contributed by atoms with Crippen molar-refractivity contribution in [3.8, 4) is 0 Å². The maximum absolute atomic E-state index is 12.0. The lowest BCUT2D eigenvalue weighted by Gasteiger charge is -2.28. The van der Waals surface area contributed by atoms with Gasteiger partial charge in [-0.3, -0.25) is 9.59 Å². The lowest BCUT2D eigenvalue weighted by Crippen LogP contribution is -2.37. The van der Waals surface area contributed by atoms with Crippen LogP contribution in [0, 0.1) is 5.92 Å². The van der Waals surface area contributed by atoms with Crippen LogP contribution in [0.3, 0.4) is 0 Å². The summed E-state index contributed by atoms with van der Waals surface area (Å²) >= 11 is 5.80. The van der Waals surface area contributed by atoms with Gasteiger partial charge in [0.1, 0.15) is 0 Å². The molecule has 0 aromatic heterocycles. The maximum atomic E-state index is 12.0. The Kier molecular flexibility index (Phi) is 6.44. The maximum Gasteiger partial charge on any atom is 0.220 e. The highest BCUT2D eigenvalue weighted by atomic mass is 35.5. The molecule has 1 aliphatic carbocycles. The van der Waals surface area contributed by atoms with Crippen molar-refractivity contribution in [3.05, 3.63) is 34.9 Å². The zero-order valence-corrected chi connectivity index (χ0v) is 13.9. The molecule has 0 atom stereocenters. The fourth-order valence-corrected chi connectivity index (χ4v) is 3.15. The molecule has 1 aromatic rings. The second-order valence-electron chi connectivity index (χ2n) is 6.12. The number of benzene rings is 1. The summed E-state index contributed by atoms with van der Waals surface area (Å²) in [5.74, 6) is 0.795. The van der Waals surface area contributed by atoms with Crippen LogP contribution in [-0.2, 0) is 4.79 Å².